The second kappa shape index (κ2) is 4.53. The van der Waals surface area contributed by atoms with Crippen LogP contribution in [0, 0.1) is 11.2 Å². The zero-order valence-corrected chi connectivity index (χ0v) is 10.2. The molecule has 0 aliphatic heterocycles. The maximum Gasteiger partial charge on any atom is 0.313 e. The van der Waals surface area contributed by atoms with Gasteiger partial charge in [0.15, 0.2) is 0 Å². The summed E-state index contributed by atoms with van der Waals surface area (Å²) in [6, 6.07) is 4.39. The van der Waals surface area contributed by atoms with Crippen molar-refractivity contribution >= 4 is 23.3 Å². The van der Waals surface area contributed by atoms with E-state index in [1.807, 2.05) is 0 Å². The first-order valence-corrected chi connectivity index (χ1v) is 5.72. The number of hydrogen-bond acceptors (Lipinski definition) is 3. The van der Waals surface area contributed by atoms with E-state index in [0.717, 1.165) is 12.8 Å². The minimum absolute atomic E-state index is 0.0675. The van der Waals surface area contributed by atoms with Crippen LogP contribution in [0.25, 0.3) is 0 Å². The van der Waals surface area contributed by atoms with Crippen molar-refractivity contribution in [2.24, 2.45) is 5.41 Å². The zero-order chi connectivity index (χ0) is 12.5. The lowest BCUT2D eigenvalue weighted by molar-refractivity contribution is -0.146. The van der Waals surface area contributed by atoms with Crippen LogP contribution in [0.2, 0.25) is 5.02 Å². The van der Waals surface area contributed by atoms with Crippen molar-refractivity contribution in [3.8, 4) is 0 Å². The van der Waals surface area contributed by atoms with E-state index in [9.17, 15) is 9.18 Å². The fourth-order valence-corrected chi connectivity index (χ4v) is 1.88. The number of halogens is 2. The minimum Gasteiger partial charge on any atom is -0.469 e. The van der Waals surface area contributed by atoms with E-state index in [1.165, 1.54) is 19.2 Å². The molecule has 0 amide bonds. The number of ether oxygens (including phenoxy) is 1. The molecule has 17 heavy (non-hydrogen) atoms. The van der Waals surface area contributed by atoms with Gasteiger partial charge in [0.25, 0.3) is 0 Å². The number of hydrogen-bond donors (Lipinski definition) is 1. The Labute approximate surface area is 104 Å². The predicted octanol–water partition coefficient (Wildman–Crippen LogP) is 2.84. The quantitative estimate of drug-likeness (QED) is 0.843. The van der Waals surface area contributed by atoms with Gasteiger partial charge in [0, 0.05) is 12.2 Å². The molecule has 1 saturated carbocycles. The van der Waals surface area contributed by atoms with E-state index in [4.69, 9.17) is 16.3 Å². The summed E-state index contributed by atoms with van der Waals surface area (Å²) in [5, 5.41) is 3.15. The van der Waals surface area contributed by atoms with Crippen molar-refractivity contribution < 1.29 is 13.9 Å². The van der Waals surface area contributed by atoms with E-state index < -0.39 is 11.2 Å². The molecule has 1 aliphatic carbocycles. The summed E-state index contributed by atoms with van der Waals surface area (Å²) in [6.45, 7) is 0.488. The number of rotatable bonds is 4. The fourth-order valence-electron chi connectivity index (χ4n) is 1.70. The summed E-state index contributed by atoms with van der Waals surface area (Å²) < 4.78 is 17.7. The van der Waals surface area contributed by atoms with Crippen molar-refractivity contribution in [3.05, 3.63) is 29.0 Å². The standard InChI is InChI=1S/C12H13ClFNO2/c1-17-11(16)12(4-5-12)7-15-8-2-3-10(14)9(13)6-8/h2-3,6,15H,4-5,7H2,1H3. The van der Waals surface area contributed by atoms with Gasteiger partial charge >= 0.3 is 5.97 Å². The van der Waals surface area contributed by atoms with Gasteiger partial charge in [-0.25, -0.2) is 4.39 Å². The molecule has 1 N–H and O–H groups in total. The van der Waals surface area contributed by atoms with Crippen molar-refractivity contribution in [2.75, 3.05) is 19.0 Å². The molecule has 0 saturated heterocycles. The molecule has 0 aromatic heterocycles. The van der Waals surface area contributed by atoms with Crippen LogP contribution in [-0.2, 0) is 9.53 Å². The Kier molecular flexibility index (Phi) is 3.24. The zero-order valence-electron chi connectivity index (χ0n) is 9.43. The van der Waals surface area contributed by atoms with Crippen LogP contribution in [-0.4, -0.2) is 19.6 Å². The minimum atomic E-state index is -0.452. The molecule has 0 bridgehead atoms. The molecule has 0 heterocycles. The van der Waals surface area contributed by atoms with Crippen molar-refractivity contribution in [2.45, 2.75) is 12.8 Å². The largest absolute Gasteiger partial charge is 0.469 e. The molecule has 1 fully saturated rings. The lowest BCUT2D eigenvalue weighted by atomic mass is 10.1. The summed E-state index contributed by atoms with van der Waals surface area (Å²) in [5.74, 6) is -0.649. The number of carbonyl (C=O) groups is 1. The fraction of sp³-hybridized carbons (Fsp3) is 0.417. The molecule has 0 unspecified atom stereocenters. The monoisotopic (exact) mass is 257 g/mol. The summed E-state index contributed by atoms with van der Waals surface area (Å²) in [4.78, 5) is 11.5. The van der Waals surface area contributed by atoms with Gasteiger partial charge in [-0.1, -0.05) is 11.6 Å². The second-order valence-electron chi connectivity index (χ2n) is 4.25. The molecule has 2 rings (SSSR count). The van der Waals surface area contributed by atoms with Gasteiger partial charge in [-0.2, -0.15) is 0 Å². The van der Waals surface area contributed by atoms with Gasteiger partial charge in [0.05, 0.1) is 17.5 Å². The first-order chi connectivity index (χ1) is 8.07. The first-order valence-electron chi connectivity index (χ1n) is 5.35. The Morgan fingerprint density at radius 1 is 1.59 bits per heavy atom. The maximum absolute atomic E-state index is 12.9. The first kappa shape index (κ1) is 12.2. The Bertz CT molecular complexity index is 446. The van der Waals surface area contributed by atoms with Gasteiger partial charge in [0.1, 0.15) is 5.82 Å². The molecular weight excluding hydrogens is 245 g/mol. The van der Waals surface area contributed by atoms with Crippen molar-refractivity contribution in [3.63, 3.8) is 0 Å². The van der Waals surface area contributed by atoms with Crippen LogP contribution in [0.3, 0.4) is 0 Å². The average molecular weight is 258 g/mol. The SMILES string of the molecule is COC(=O)C1(CNc2ccc(F)c(Cl)c2)CC1. The summed E-state index contributed by atoms with van der Waals surface area (Å²) in [5.41, 5.74) is 0.293. The van der Waals surface area contributed by atoms with Crippen LogP contribution >= 0.6 is 11.6 Å². The molecule has 0 atom stereocenters. The average Bonchev–Trinajstić information content (AvgIpc) is 3.11. The molecule has 92 valence electrons. The normalized spacial score (nSPS) is 16.4. The van der Waals surface area contributed by atoms with Gasteiger partial charge in [-0.15, -0.1) is 0 Å². The molecule has 1 aliphatic rings. The van der Waals surface area contributed by atoms with Gasteiger partial charge in [0.2, 0.25) is 0 Å². The third kappa shape index (κ3) is 2.52. The van der Waals surface area contributed by atoms with E-state index in [0.29, 0.717) is 12.2 Å². The van der Waals surface area contributed by atoms with E-state index in [-0.39, 0.29) is 11.0 Å². The van der Waals surface area contributed by atoms with Crippen molar-refractivity contribution in [1.82, 2.24) is 0 Å². The molecule has 0 spiro atoms. The highest BCUT2D eigenvalue weighted by atomic mass is 35.5. The summed E-state index contributed by atoms with van der Waals surface area (Å²) in [6.07, 6.45) is 1.64. The molecule has 1 aromatic rings. The van der Waals surface area contributed by atoms with Gasteiger partial charge in [-0.05, 0) is 31.0 Å². The summed E-state index contributed by atoms with van der Waals surface area (Å²) >= 11 is 5.66. The Morgan fingerprint density at radius 3 is 2.82 bits per heavy atom. The smallest absolute Gasteiger partial charge is 0.313 e. The van der Waals surface area contributed by atoms with Crippen LogP contribution < -0.4 is 5.32 Å². The molecule has 5 heteroatoms. The molecule has 3 nitrogen and oxygen atoms in total. The topological polar surface area (TPSA) is 38.3 Å². The Morgan fingerprint density at radius 2 is 2.29 bits per heavy atom. The predicted molar refractivity (Wildman–Crippen MR) is 63.6 cm³/mol. The third-order valence-corrected chi connectivity index (χ3v) is 3.31. The summed E-state index contributed by atoms with van der Waals surface area (Å²) in [7, 11) is 1.39. The lowest BCUT2D eigenvalue weighted by Gasteiger charge is -2.14. The third-order valence-electron chi connectivity index (χ3n) is 3.02. The van der Waals surface area contributed by atoms with E-state index in [2.05, 4.69) is 5.32 Å². The van der Waals surface area contributed by atoms with Crippen molar-refractivity contribution in [1.29, 1.82) is 0 Å². The lowest BCUT2D eigenvalue weighted by Crippen LogP contribution is -2.25. The van der Waals surface area contributed by atoms with E-state index in [1.54, 1.807) is 6.07 Å². The molecule has 0 radical (unpaired) electrons. The maximum atomic E-state index is 12.9. The number of nitrogens with one attached hydrogen (secondary N) is 1. The second-order valence-corrected chi connectivity index (χ2v) is 4.66. The van der Waals surface area contributed by atoms with Crippen LogP contribution in [0.15, 0.2) is 18.2 Å². The highest BCUT2D eigenvalue weighted by Crippen LogP contribution is 2.46. The number of esters is 1. The number of methoxy groups -OCH3 is 1. The Balaban J connectivity index is 1.98. The van der Waals surface area contributed by atoms with Crippen LogP contribution in [0.1, 0.15) is 12.8 Å². The van der Waals surface area contributed by atoms with Crippen LogP contribution in [0.5, 0.6) is 0 Å². The number of anilines is 1. The molecular formula is C12H13ClFNO2. The highest BCUT2D eigenvalue weighted by molar-refractivity contribution is 6.31. The van der Waals surface area contributed by atoms with Crippen LogP contribution in [0.4, 0.5) is 10.1 Å². The van der Waals surface area contributed by atoms with Gasteiger partial charge < -0.3 is 10.1 Å². The highest BCUT2D eigenvalue weighted by Gasteiger charge is 2.50. The van der Waals surface area contributed by atoms with Gasteiger partial charge in [-0.3, -0.25) is 4.79 Å². The number of carbonyl (C=O) groups excluding carboxylic acids is 1. The number of benzene rings is 1. The molecule has 1 aromatic carbocycles. The van der Waals surface area contributed by atoms with E-state index >= 15 is 0 Å². The Hall–Kier alpha value is -1.29.